The van der Waals surface area contributed by atoms with Crippen LogP contribution >= 0.6 is 0 Å². The number of halogens is 2. The van der Waals surface area contributed by atoms with Crippen LogP contribution < -0.4 is 9.47 Å². The molecule has 176 valence electrons. The Morgan fingerprint density at radius 2 is 1.34 bits per heavy atom. The van der Waals surface area contributed by atoms with Crippen LogP contribution in [0.25, 0.3) is 0 Å². The van der Waals surface area contributed by atoms with Gasteiger partial charge in [0.1, 0.15) is 5.60 Å². The van der Waals surface area contributed by atoms with Crippen molar-refractivity contribution in [3.8, 4) is 11.5 Å². The SMILES string of the molecule is CC(C)(CCC(C)(C)c1ccc(F)c(OC2CCC2)c1)Oc1cc(C(C)(C)C)ccc1F. The molecule has 0 N–H and O–H groups in total. The molecule has 0 saturated heterocycles. The van der Waals surface area contributed by atoms with E-state index in [1.807, 2.05) is 38.1 Å². The summed E-state index contributed by atoms with van der Waals surface area (Å²) in [6.45, 7) is 14.6. The Kier molecular flexibility index (Phi) is 6.93. The molecule has 1 fully saturated rings. The molecule has 0 atom stereocenters. The number of ether oxygens (including phenoxy) is 2. The Morgan fingerprint density at radius 1 is 0.781 bits per heavy atom. The first-order valence-electron chi connectivity index (χ1n) is 11.7. The summed E-state index contributed by atoms with van der Waals surface area (Å²) in [7, 11) is 0. The van der Waals surface area contributed by atoms with Gasteiger partial charge in [0, 0.05) is 0 Å². The lowest BCUT2D eigenvalue weighted by molar-refractivity contribution is 0.0846. The maximum atomic E-state index is 14.5. The molecule has 2 aromatic rings. The van der Waals surface area contributed by atoms with Gasteiger partial charge in [0.25, 0.3) is 0 Å². The van der Waals surface area contributed by atoms with Gasteiger partial charge in [0.05, 0.1) is 6.10 Å². The van der Waals surface area contributed by atoms with Crippen molar-refractivity contribution in [1.82, 2.24) is 0 Å². The van der Waals surface area contributed by atoms with Crippen LogP contribution in [0.4, 0.5) is 8.78 Å². The van der Waals surface area contributed by atoms with Crippen molar-refractivity contribution < 1.29 is 18.3 Å². The molecule has 1 aliphatic carbocycles. The van der Waals surface area contributed by atoms with Crippen molar-refractivity contribution in [2.75, 3.05) is 0 Å². The van der Waals surface area contributed by atoms with Crippen LogP contribution in [0.1, 0.15) is 91.7 Å². The second kappa shape index (κ2) is 9.03. The lowest BCUT2D eigenvalue weighted by atomic mass is 9.78. The molecule has 0 heterocycles. The van der Waals surface area contributed by atoms with Gasteiger partial charge in [-0.05, 0) is 92.2 Å². The van der Waals surface area contributed by atoms with E-state index in [1.54, 1.807) is 0 Å². The molecule has 0 spiro atoms. The molecule has 0 unspecified atom stereocenters. The normalized spacial score (nSPS) is 15.4. The molecular weight excluding hydrogens is 406 g/mol. The van der Waals surface area contributed by atoms with Crippen LogP contribution in [0.2, 0.25) is 0 Å². The number of benzene rings is 2. The van der Waals surface area contributed by atoms with E-state index in [4.69, 9.17) is 9.47 Å². The van der Waals surface area contributed by atoms with Crippen molar-refractivity contribution >= 4 is 0 Å². The standard InChI is InChI=1S/C28H38F2O2/c1-26(2,3)19-11-13-23(30)25(17-19)32-28(6,7)16-15-27(4,5)20-12-14-22(29)24(18-20)31-21-9-8-10-21/h11-14,17-18,21H,8-10,15-16H2,1-7H3. The second-order valence-electron chi connectivity index (χ2n) is 11.5. The highest BCUT2D eigenvalue weighted by molar-refractivity contribution is 5.36. The van der Waals surface area contributed by atoms with Gasteiger partial charge in [-0.1, -0.05) is 46.8 Å². The minimum atomic E-state index is -0.556. The first-order valence-corrected chi connectivity index (χ1v) is 11.7. The summed E-state index contributed by atoms with van der Waals surface area (Å²) in [4.78, 5) is 0. The molecule has 0 amide bonds. The van der Waals surface area contributed by atoms with Crippen molar-refractivity contribution in [2.45, 2.75) is 103 Å². The maximum Gasteiger partial charge on any atom is 0.165 e. The van der Waals surface area contributed by atoms with Gasteiger partial charge in [-0.2, -0.15) is 0 Å². The molecule has 0 bridgehead atoms. The van der Waals surface area contributed by atoms with E-state index in [1.165, 1.54) is 12.1 Å². The lowest BCUT2D eigenvalue weighted by Crippen LogP contribution is -2.32. The summed E-state index contributed by atoms with van der Waals surface area (Å²) < 4.78 is 40.8. The van der Waals surface area contributed by atoms with Gasteiger partial charge in [0.2, 0.25) is 0 Å². The average molecular weight is 445 g/mol. The Labute approximate surface area is 192 Å². The van der Waals surface area contributed by atoms with Crippen LogP contribution in [-0.4, -0.2) is 11.7 Å². The topological polar surface area (TPSA) is 18.5 Å². The molecule has 1 saturated carbocycles. The van der Waals surface area contributed by atoms with E-state index < -0.39 is 5.60 Å². The third-order valence-corrected chi connectivity index (χ3v) is 6.59. The van der Waals surface area contributed by atoms with E-state index in [0.717, 1.165) is 43.2 Å². The predicted octanol–water partition coefficient (Wildman–Crippen LogP) is 8.11. The number of hydrogen-bond acceptors (Lipinski definition) is 2. The third-order valence-electron chi connectivity index (χ3n) is 6.59. The molecule has 3 rings (SSSR count). The summed E-state index contributed by atoms with van der Waals surface area (Å²) in [6.07, 6.45) is 4.78. The van der Waals surface area contributed by atoms with Crippen LogP contribution in [-0.2, 0) is 10.8 Å². The fourth-order valence-corrected chi connectivity index (χ4v) is 3.84. The van der Waals surface area contributed by atoms with E-state index in [9.17, 15) is 8.78 Å². The van der Waals surface area contributed by atoms with Crippen LogP contribution in [0.3, 0.4) is 0 Å². The van der Waals surface area contributed by atoms with Crippen molar-refractivity contribution in [3.05, 3.63) is 59.2 Å². The quantitative estimate of drug-likeness (QED) is 0.409. The molecule has 2 aromatic carbocycles. The second-order valence-corrected chi connectivity index (χ2v) is 11.5. The number of hydrogen-bond donors (Lipinski definition) is 0. The summed E-state index contributed by atoms with van der Waals surface area (Å²) in [5.74, 6) is -0.0222. The Bertz CT molecular complexity index is 937. The van der Waals surface area contributed by atoms with Gasteiger partial charge in [-0.25, -0.2) is 8.78 Å². The van der Waals surface area contributed by atoms with Crippen LogP contribution in [0.15, 0.2) is 36.4 Å². The zero-order valence-corrected chi connectivity index (χ0v) is 20.6. The molecule has 32 heavy (non-hydrogen) atoms. The monoisotopic (exact) mass is 444 g/mol. The lowest BCUT2D eigenvalue weighted by Gasteiger charge is -2.33. The van der Waals surface area contributed by atoms with E-state index in [-0.39, 0.29) is 34.3 Å². The molecule has 1 aliphatic rings. The average Bonchev–Trinajstić information content (AvgIpc) is 2.65. The Balaban J connectivity index is 1.70. The van der Waals surface area contributed by atoms with Crippen LogP contribution in [0.5, 0.6) is 11.5 Å². The zero-order valence-electron chi connectivity index (χ0n) is 20.6. The summed E-state index contributed by atoms with van der Waals surface area (Å²) in [6, 6.07) is 10.3. The van der Waals surface area contributed by atoms with Crippen molar-refractivity contribution in [2.24, 2.45) is 0 Å². The Hall–Kier alpha value is -2.10. The molecule has 0 aromatic heterocycles. The minimum absolute atomic E-state index is 0.0835. The minimum Gasteiger partial charge on any atom is -0.487 e. The predicted molar refractivity (Wildman–Crippen MR) is 127 cm³/mol. The molecule has 4 heteroatoms. The van der Waals surface area contributed by atoms with Gasteiger partial charge in [-0.15, -0.1) is 0 Å². The highest BCUT2D eigenvalue weighted by Gasteiger charge is 2.30. The van der Waals surface area contributed by atoms with Gasteiger partial charge >= 0.3 is 0 Å². The van der Waals surface area contributed by atoms with Gasteiger partial charge in [-0.3, -0.25) is 0 Å². The Morgan fingerprint density at radius 3 is 1.91 bits per heavy atom. The molecule has 2 nitrogen and oxygen atoms in total. The first kappa shape index (κ1) is 24.5. The largest absolute Gasteiger partial charge is 0.487 e. The smallest absolute Gasteiger partial charge is 0.165 e. The zero-order chi connectivity index (χ0) is 23.7. The molecular formula is C28H38F2O2. The van der Waals surface area contributed by atoms with E-state index >= 15 is 0 Å². The maximum absolute atomic E-state index is 14.5. The summed E-state index contributed by atoms with van der Waals surface area (Å²) >= 11 is 0. The van der Waals surface area contributed by atoms with Crippen molar-refractivity contribution in [3.63, 3.8) is 0 Å². The highest BCUT2D eigenvalue weighted by atomic mass is 19.1. The molecule has 0 aliphatic heterocycles. The molecule has 0 radical (unpaired) electrons. The van der Waals surface area contributed by atoms with E-state index in [0.29, 0.717) is 5.75 Å². The van der Waals surface area contributed by atoms with Crippen LogP contribution in [0, 0.1) is 11.6 Å². The first-order chi connectivity index (χ1) is 14.8. The fraction of sp³-hybridized carbons (Fsp3) is 0.571. The third kappa shape index (κ3) is 6.02. The van der Waals surface area contributed by atoms with Gasteiger partial charge < -0.3 is 9.47 Å². The van der Waals surface area contributed by atoms with E-state index in [2.05, 4.69) is 34.6 Å². The summed E-state index contributed by atoms with van der Waals surface area (Å²) in [5, 5.41) is 0. The highest BCUT2D eigenvalue weighted by Crippen LogP contribution is 2.37. The summed E-state index contributed by atoms with van der Waals surface area (Å²) in [5.41, 5.74) is 1.22. The van der Waals surface area contributed by atoms with Gasteiger partial charge in [0.15, 0.2) is 23.1 Å². The van der Waals surface area contributed by atoms with Crippen molar-refractivity contribution in [1.29, 1.82) is 0 Å². The number of rotatable bonds is 8. The fourth-order valence-electron chi connectivity index (χ4n) is 3.84.